The average molecular weight is 396 g/mol. The summed E-state index contributed by atoms with van der Waals surface area (Å²) < 4.78 is 6.06. The Balaban J connectivity index is 1.35. The average Bonchev–Trinajstić information content (AvgIpc) is 3.06. The van der Waals surface area contributed by atoms with Crippen LogP contribution in [0.2, 0.25) is 0 Å². The number of nitrogens with one attached hydrogen (secondary N) is 1. The van der Waals surface area contributed by atoms with Crippen molar-refractivity contribution in [3.63, 3.8) is 0 Å². The maximum Gasteiger partial charge on any atom is 0.253 e. The number of allylic oxidation sites excluding steroid dienone is 2. The summed E-state index contributed by atoms with van der Waals surface area (Å²) in [6, 6.07) is 4.29. The zero-order chi connectivity index (χ0) is 20.5. The van der Waals surface area contributed by atoms with Gasteiger partial charge in [-0.2, -0.15) is 0 Å². The van der Waals surface area contributed by atoms with Crippen LogP contribution in [0.25, 0.3) is 0 Å². The predicted octanol–water partition coefficient (Wildman–Crippen LogP) is 3.96. The molecule has 0 aromatic carbocycles. The molecule has 1 N–H and O–H groups in total. The molecule has 2 aliphatic rings. The Morgan fingerprint density at radius 1 is 1.31 bits per heavy atom. The first-order valence-electron chi connectivity index (χ1n) is 10.7. The molecule has 5 heteroatoms. The van der Waals surface area contributed by atoms with Gasteiger partial charge in [0.1, 0.15) is 0 Å². The minimum Gasteiger partial charge on any atom is -0.374 e. The summed E-state index contributed by atoms with van der Waals surface area (Å²) >= 11 is 0. The molecular weight excluding hydrogens is 362 g/mol. The van der Waals surface area contributed by atoms with Crippen molar-refractivity contribution < 1.29 is 9.53 Å². The summed E-state index contributed by atoms with van der Waals surface area (Å²) in [5.74, 6) is 0.167. The maximum absolute atomic E-state index is 12.7. The maximum atomic E-state index is 12.7. The zero-order valence-corrected chi connectivity index (χ0v) is 17.5. The van der Waals surface area contributed by atoms with Gasteiger partial charge in [-0.1, -0.05) is 24.8 Å². The number of hydrogen-bond acceptors (Lipinski definition) is 4. The van der Waals surface area contributed by atoms with E-state index in [0.717, 1.165) is 62.9 Å². The van der Waals surface area contributed by atoms with Crippen LogP contribution in [0.3, 0.4) is 0 Å². The van der Waals surface area contributed by atoms with E-state index in [0.29, 0.717) is 6.61 Å². The molecule has 156 valence electrons. The molecule has 1 aromatic heterocycles. The van der Waals surface area contributed by atoms with E-state index in [2.05, 4.69) is 36.0 Å². The Kier molecular flexibility index (Phi) is 8.20. The number of carbonyl (C=O) groups is 1. The molecule has 1 unspecified atom stereocenters. The number of amides is 1. The molecule has 5 nitrogen and oxygen atoms in total. The third kappa shape index (κ3) is 6.65. The second-order valence-corrected chi connectivity index (χ2v) is 7.93. The Bertz CT molecular complexity index is 734. The first-order valence-corrected chi connectivity index (χ1v) is 10.7. The summed E-state index contributed by atoms with van der Waals surface area (Å²) in [6.45, 7) is 9.08. The summed E-state index contributed by atoms with van der Waals surface area (Å²) in [6.07, 6.45) is 15.0. The Labute approximate surface area is 174 Å². The van der Waals surface area contributed by atoms with Crippen molar-refractivity contribution in [1.29, 1.82) is 0 Å². The number of pyridine rings is 1. The van der Waals surface area contributed by atoms with Crippen LogP contribution in [0, 0.1) is 0 Å². The number of nitrogens with zero attached hydrogens (tertiary/aromatic N) is 2. The van der Waals surface area contributed by atoms with Crippen molar-refractivity contribution in [2.75, 3.05) is 26.2 Å². The minimum absolute atomic E-state index is 0.167. The predicted molar refractivity (Wildman–Crippen MR) is 116 cm³/mol. The Morgan fingerprint density at radius 2 is 2.07 bits per heavy atom. The third-order valence-corrected chi connectivity index (χ3v) is 5.60. The number of hydrogen-bond donors (Lipinski definition) is 1. The molecule has 0 saturated carbocycles. The normalized spacial score (nSPS) is 18.8. The lowest BCUT2D eigenvalue weighted by Crippen LogP contribution is -2.41. The fourth-order valence-corrected chi connectivity index (χ4v) is 3.69. The number of carbonyl (C=O) groups excluding carboxylic acids is 1. The molecule has 3 rings (SSSR count). The van der Waals surface area contributed by atoms with E-state index in [1.165, 1.54) is 5.56 Å². The summed E-state index contributed by atoms with van der Waals surface area (Å²) in [5.41, 5.74) is 3.10. The lowest BCUT2D eigenvalue weighted by Gasteiger charge is -2.32. The second-order valence-electron chi connectivity index (χ2n) is 7.93. The molecule has 1 aromatic rings. The summed E-state index contributed by atoms with van der Waals surface area (Å²) in [5, 5.41) is 3.48. The van der Waals surface area contributed by atoms with Gasteiger partial charge in [0, 0.05) is 43.6 Å². The molecule has 29 heavy (non-hydrogen) atoms. The highest BCUT2D eigenvalue weighted by molar-refractivity contribution is 5.96. The van der Waals surface area contributed by atoms with Crippen molar-refractivity contribution in [2.24, 2.45) is 0 Å². The standard InChI is InChI=1S/C24H33N3O2/c1-19(17-26-20(2)21-9-13-25-14-10-21)18-29-23-11-15-27(16-12-23)24(28)22-7-5-3-4-6-8-22/h5,7-10,13-14,20,23,26H,1,3-4,6,11-12,15-18H2,2H3. The van der Waals surface area contributed by atoms with Crippen molar-refractivity contribution in [1.82, 2.24) is 15.2 Å². The SMILES string of the molecule is C=C(CNC(C)c1ccncc1)COC1CCN(C(=O)C2=CCCCC=C2)CC1. The fourth-order valence-electron chi connectivity index (χ4n) is 3.69. The molecule has 0 bridgehead atoms. The fraction of sp³-hybridized carbons (Fsp3) is 0.500. The van der Waals surface area contributed by atoms with Gasteiger partial charge in [0.25, 0.3) is 5.91 Å². The smallest absolute Gasteiger partial charge is 0.253 e. The van der Waals surface area contributed by atoms with Gasteiger partial charge in [0.15, 0.2) is 0 Å². The van der Waals surface area contributed by atoms with Crippen molar-refractivity contribution in [3.05, 3.63) is 66.0 Å². The Hall–Kier alpha value is -2.24. The van der Waals surface area contributed by atoms with Gasteiger partial charge in [-0.15, -0.1) is 0 Å². The highest BCUT2D eigenvalue weighted by Crippen LogP contribution is 2.19. The van der Waals surface area contributed by atoms with Gasteiger partial charge < -0.3 is 15.0 Å². The van der Waals surface area contributed by atoms with Crippen molar-refractivity contribution in [2.45, 2.75) is 51.2 Å². The van der Waals surface area contributed by atoms with Crippen LogP contribution in [-0.2, 0) is 9.53 Å². The van der Waals surface area contributed by atoms with Crippen LogP contribution < -0.4 is 5.32 Å². The highest BCUT2D eigenvalue weighted by Gasteiger charge is 2.24. The molecular formula is C24H33N3O2. The second kappa shape index (κ2) is 11.1. The van der Waals surface area contributed by atoms with Crippen molar-refractivity contribution >= 4 is 5.91 Å². The van der Waals surface area contributed by atoms with E-state index < -0.39 is 0 Å². The van der Waals surface area contributed by atoms with Gasteiger partial charge in [-0.25, -0.2) is 0 Å². The highest BCUT2D eigenvalue weighted by atomic mass is 16.5. The molecule has 1 atom stereocenters. The molecule has 0 radical (unpaired) electrons. The monoisotopic (exact) mass is 395 g/mol. The van der Waals surface area contributed by atoms with Gasteiger partial charge >= 0.3 is 0 Å². The van der Waals surface area contributed by atoms with Gasteiger partial charge in [-0.05, 0) is 62.3 Å². The minimum atomic E-state index is 0.167. The molecule has 1 aliphatic carbocycles. The number of piperidine rings is 1. The molecule has 2 heterocycles. The summed E-state index contributed by atoms with van der Waals surface area (Å²) in [4.78, 5) is 18.7. The van der Waals surface area contributed by atoms with Crippen LogP contribution in [0.4, 0.5) is 0 Å². The molecule has 1 fully saturated rings. The van der Waals surface area contributed by atoms with Crippen LogP contribution >= 0.6 is 0 Å². The van der Waals surface area contributed by atoms with Crippen LogP contribution in [-0.4, -0.2) is 48.1 Å². The molecule has 1 aliphatic heterocycles. The molecule has 1 amide bonds. The molecule has 1 saturated heterocycles. The number of aromatic nitrogens is 1. The van der Waals surface area contributed by atoms with Crippen LogP contribution in [0.5, 0.6) is 0 Å². The van der Waals surface area contributed by atoms with Crippen LogP contribution in [0.1, 0.15) is 50.6 Å². The third-order valence-electron chi connectivity index (χ3n) is 5.60. The molecule has 0 spiro atoms. The van der Waals surface area contributed by atoms with E-state index in [1.807, 2.05) is 35.5 Å². The largest absolute Gasteiger partial charge is 0.374 e. The van der Waals surface area contributed by atoms with E-state index >= 15 is 0 Å². The lowest BCUT2D eigenvalue weighted by molar-refractivity contribution is -0.129. The van der Waals surface area contributed by atoms with Gasteiger partial charge in [0.05, 0.1) is 12.7 Å². The lowest BCUT2D eigenvalue weighted by atomic mass is 10.1. The number of ether oxygens (including phenoxy) is 1. The first-order chi connectivity index (χ1) is 14.1. The quantitative estimate of drug-likeness (QED) is 0.677. The Morgan fingerprint density at radius 3 is 2.83 bits per heavy atom. The van der Waals surface area contributed by atoms with Gasteiger partial charge in [0.2, 0.25) is 0 Å². The van der Waals surface area contributed by atoms with Gasteiger partial charge in [-0.3, -0.25) is 9.78 Å². The van der Waals surface area contributed by atoms with E-state index in [-0.39, 0.29) is 18.1 Å². The van der Waals surface area contributed by atoms with E-state index in [9.17, 15) is 4.79 Å². The van der Waals surface area contributed by atoms with Crippen molar-refractivity contribution in [3.8, 4) is 0 Å². The van der Waals surface area contributed by atoms with E-state index in [4.69, 9.17) is 4.74 Å². The number of rotatable bonds is 8. The number of likely N-dealkylation sites (tertiary alicyclic amines) is 1. The summed E-state index contributed by atoms with van der Waals surface area (Å²) in [7, 11) is 0. The first kappa shape index (κ1) is 21.5. The topological polar surface area (TPSA) is 54.5 Å². The zero-order valence-electron chi connectivity index (χ0n) is 17.5. The van der Waals surface area contributed by atoms with Crippen LogP contribution in [0.15, 0.2) is 60.5 Å². The van der Waals surface area contributed by atoms with E-state index in [1.54, 1.807) is 0 Å².